The Bertz CT molecular complexity index is 612. The minimum absolute atomic E-state index is 0.0473. The molecule has 0 radical (unpaired) electrons. The van der Waals surface area contributed by atoms with E-state index < -0.39 is 0 Å². The van der Waals surface area contributed by atoms with Crippen LogP contribution in [0, 0.1) is 6.92 Å². The first kappa shape index (κ1) is 14.1. The number of anilines is 2. The molecule has 0 saturated heterocycles. The van der Waals surface area contributed by atoms with E-state index in [1.807, 2.05) is 24.3 Å². The van der Waals surface area contributed by atoms with Crippen LogP contribution in [0.4, 0.5) is 16.3 Å². The van der Waals surface area contributed by atoms with Crippen LogP contribution in [0.2, 0.25) is 0 Å². The van der Waals surface area contributed by atoms with Gasteiger partial charge in [-0.05, 0) is 24.0 Å². The highest BCUT2D eigenvalue weighted by Crippen LogP contribution is 2.29. The van der Waals surface area contributed by atoms with Gasteiger partial charge >= 0.3 is 6.03 Å². The summed E-state index contributed by atoms with van der Waals surface area (Å²) in [6.45, 7) is 8.08. The molecule has 0 saturated carbocycles. The van der Waals surface area contributed by atoms with Gasteiger partial charge in [-0.2, -0.15) is 0 Å². The number of carbonyl (C=O) groups is 1. The van der Waals surface area contributed by atoms with E-state index >= 15 is 0 Å². The Morgan fingerprint density at radius 3 is 2.50 bits per heavy atom. The average Bonchev–Trinajstić information content (AvgIpc) is 2.73. The zero-order valence-electron chi connectivity index (χ0n) is 12.2. The summed E-state index contributed by atoms with van der Waals surface area (Å²) in [5, 5.41) is 9.20. The third kappa shape index (κ3) is 3.38. The number of rotatable bonds is 2. The van der Waals surface area contributed by atoms with Gasteiger partial charge in [-0.3, -0.25) is 5.32 Å². The van der Waals surface area contributed by atoms with Crippen LogP contribution in [0.1, 0.15) is 32.1 Å². The Morgan fingerprint density at radius 2 is 1.90 bits per heavy atom. The maximum Gasteiger partial charge on any atom is 0.324 e. The van der Waals surface area contributed by atoms with Gasteiger partial charge < -0.3 is 9.84 Å². The Labute approximate surface area is 118 Å². The van der Waals surface area contributed by atoms with Crippen LogP contribution >= 0.6 is 0 Å². The van der Waals surface area contributed by atoms with E-state index in [0.717, 1.165) is 11.3 Å². The lowest BCUT2D eigenvalue weighted by Gasteiger charge is -2.22. The molecular formula is C15H19N3O2. The summed E-state index contributed by atoms with van der Waals surface area (Å²) in [5.41, 5.74) is 1.82. The molecule has 1 aromatic carbocycles. The second kappa shape index (κ2) is 5.36. The largest absolute Gasteiger partial charge is 0.360 e. The molecule has 0 spiro atoms. The first-order valence-electron chi connectivity index (χ1n) is 6.47. The Balaban J connectivity index is 2.12. The van der Waals surface area contributed by atoms with Gasteiger partial charge in [-0.15, -0.1) is 0 Å². The number of hydrogen-bond acceptors (Lipinski definition) is 3. The van der Waals surface area contributed by atoms with Crippen molar-refractivity contribution in [3.8, 4) is 0 Å². The molecule has 1 aromatic heterocycles. The number of nitrogens with one attached hydrogen (secondary N) is 2. The molecule has 2 aromatic rings. The van der Waals surface area contributed by atoms with Gasteiger partial charge in [0.1, 0.15) is 5.76 Å². The lowest BCUT2D eigenvalue weighted by Crippen LogP contribution is -2.22. The molecule has 2 amide bonds. The highest BCUT2D eigenvalue weighted by atomic mass is 16.5. The first-order chi connectivity index (χ1) is 9.36. The maximum absolute atomic E-state index is 12.0. The molecule has 0 atom stereocenters. The molecule has 0 unspecified atom stereocenters. The Hall–Kier alpha value is -2.30. The van der Waals surface area contributed by atoms with E-state index in [0.29, 0.717) is 11.6 Å². The predicted molar refractivity (Wildman–Crippen MR) is 79.0 cm³/mol. The zero-order valence-corrected chi connectivity index (χ0v) is 12.2. The van der Waals surface area contributed by atoms with Crippen LogP contribution in [0.25, 0.3) is 0 Å². The van der Waals surface area contributed by atoms with Crippen molar-refractivity contribution in [2.24, 2.45) is 0 Å². The lowest BCUT2D eigenvalue weighted by atomic mass is 9.86. The van der Waals surface area contributed by atoms with E-state index in [9.17, 15) is 4.79 Å². The summed E-state index contributed by atoms with van der Waals surface area (Å²) in [6, 6.07) is 9.07. The molecule has 20 heavy (non-hydrogen) atoms. The predicted octanol–water partition coefficient (Wildman–Crippen LogP) is 3.92. The van der Waals surface area contributed by atoms with Crippen LogP contribution in [0.15, 0.2) is 34.9 Å². The van der Waals surface area contributed by atoms with E-state index in [1.54, 1.807) is 13.0 Å². The van der Waals surface area contributed by atoms with Crippen LogP contribution in [-0.2, 0) is 5.41 Å². The number of hydrogen-bond donors (Lipinski definition) is 2. The third-order valence-corrected chi connectivity index (χ3v) is 2.85. The fourth-order valence-electron chi connectivity index (χ4n) is 1.94. The highest BCUT2D eigenvalue weighted by molar-refractivity contribution is 5.99. The van der Waals surface area contributed by atoms with E-state index in [-0.39, 0.29) is 11.4 Å². The number of aromatic nitrogens is 1. The maximum atomic E-state index is 12.0. The van der Waals surface area contributed by atoms with Crippen molar-refractivity contribution < 1.29 is 9.32 Å². The third-order valence-electron chi connectivity index (χ3n) is 2.85. The van der Waals surface area contributed by atoms with Crippen molar-refractivity contribution in [1.29, 1.82) is 0 Å². The second-order valence-electron chi connectivity index (χ2n) is 5.70. The number of nitrogens with zero attached hydrogens (tertiary/aromatic N) is 1. The van der Waals surface area contributed by atoms with Gasteiger partial charge in [0, 0.05) is 11.8 Å². The monoisotopic (exact) mass is 273 g/mol. The number of aryl methyl sites for hydroxylation is 1. The van der Waals surface area contributed by atoms with Crippen molar-refractivity contribution in [2.75, 3.05) is 10.6 Å². The van der Waals surface area contributed by atoms with Crippen LogP contribution in [-0.4, -0.2) is 11.2 Å². The van der Waals surface area contributed by atoms with Gasteiger partial charge in [0.05, 0.1) is 0 Å². The van der Waals surface area contributed by atoms with Crippen molar-refractivity contribution in [3.05, 3.63) is 41.7 Å². The summed E-state index contributed by atoms with van der Waals surface area (Å²) in [7, 11) is 0. The molecule has 0 aliphatic heterocycles. The fraction of sp³-hybridized carbons (Fsp3) is 0.333. The molecular weight excluding hydrogens is 254 g/mol. The number of benzene rings is 1. The molecule has 0 aliphatic carbocycles. The normalized spacial score (nSPS) is 11.2. The van der Waals surface area contributed by atoms with E-state index in [1.165, 1.54) is 0 Å². The van der Waals surface area contributed by atoms with E-state index in [4.69, 9.17) is 4.52 Å². The first-order valence-corrected chi connectivity index (χ1v) is 6.47. The van der Waals surface area contributed by atoms with Crippen LogP contribution in [0.3, 0.4) is 0 Å². The second-order valence-corrected chi connectivity index (χ2v) is 5.70. The molecule has 5 heteroatoms. The highest BCUT2D eigenvalue weighted by Gasteiger charge is 2.18. The van der Waals surface area contributed by atoms with Crippen LogP contribution in [0.5, 0.6) is 0 Å². The van der Waals surface area contributed by atoms with Crippen molar-refractivity contribution in [1.82, 2.24) is 5.16 Å². The molecule has 5 nitrogen and oxygen atoms in total. The van der Waals surface area contributed by atoms with Gasteiger partial charge in [0.25, 0.3) is 0 Å². The summed E-state index contributed by atoms with van der Waals surface area (Å²) in [5.74, 6) is 1.05. The zero-order chi connectivity index (χ0) is 14.8. The Morgan fingerprint density at radius 1 is 1.20 bits per heavy atom. The molecule has 2 N–H and O–H groups in total. The SMILES string of the molecule is Cc1cc(NC(=O)Nc2ccccc2C(C)(C)C)no1. The minimum Gasteiger partial charge on any atom is -0.360 e. The average molecular weight is 273 g/mol. The van der Waals surface area contributed by atoms with Crippen molar-refractivity contribution in [2.45, 2.75) is 33.1 Å². The van der Waals surface area contributed by atoms with Crippen LogP contribution < -0.4 is 10.6 Å². The van der Waals surface area contributed by atoms with Gasteiger partial charge in [0.15, 0.2) is 5.82 Å². The molecule has 106 valence electrons. The summed E-state index contributed by atoms with van der Waals surface area (Å²) in [6.07, 6.45) is 0. The summed E-state index contributed by atoms with van der Waals surface area (Å²) >= 11 is 0. The van der Waals surface area contributed by atoms with Gasteiger partial charge in [0.2, 0.25) is 0 Å². The van der Waals surface area contributed by atoms with Crippen molar-refractivity contribution in [3.63, 3.8) is 0 Å². The fourth-order valence-corrected chi connectivity index (χ4v) is 1.94. The lowest BCUT2D eigenvalue weighted by molar-refractivity contribution is 0.262. The van der Waals surface area contributed by atoms with Crippen molar-refractivity contribution >= 4 is 17.5 Å². The smallest absolute Gasteiger partial charge is 0.324 e. The molecule has 0 aliphatic rings. The standard InChI is InChI=1S/C15H19N3O2/c1-10-9-13(18-20-10)17-14(19)16-12-8-6-5-7-11(12)15(2,3)4/h5-9H,1-4H3,(H2,16,17,18,19). The summed E-state index contributed by atoms with van der Waals surface area (Å²) in [4.78, 5) is 12.0. The topological polar surface area (TPSA) is 67.2 Å². The Kier molecular flexibility index (Phi) is 3.79. The number of urea groups is 1. The molecule has 1 heterocycles. The number of para-hydroxylation sites is 1. The van der Waals surface area contributed by atoms with Gasteiger partial charge in [-0.25, -0.2) is 4.79 Å². The molecule has 2 rings (SSSR count). The minimum atomic E-state index is -0.338. The molecule has 0 fully saturated rings. The number of amides is 2. The van der Waals surface area contributed by atoms with E-state index in [2.05, 4.69) is 36.6 Å². The quantitative estimate of drug-likeness (QED) is 0.871. The molecule has 0 bridgehead atoms. The summed E-state index contributed by atoms with van der Waals surface area (Å²) < 4.78 is 4.90. The van der Waals surface area contributed by atoms with Gasteiger partial charge in [-0.1, -0.05) is 44.1 Å². The number of carbonyl (C=O) groups excluding carboxylic acids is 1.